The molecule has 3 aromatic rings. The van der Waals surface area contributed by atoms with Gasteiger partial charge in [-0.05, 0) is 53.9 Å². The van der Waals surface area contributed by atoms with E-state index < -0.39 is 15.9 Å². The highest BCUT2D eigenvalue weighted by molar-refractivity contribution is 7.88. The van der Waals surface area contributed by atoms with Gasteiger partial charge in [0.25, 0.3) is 11.8 Å². The van der Waals surface area contributed by atoms with Crippen LogP contribution in [0.5, 0.6) is 11.5 Å². The van der Waals surface area contributed by atoms with Crippen molar-refractivity contribution < 1.29 is 32.2 Å². The van der Waals surface area contributed by atoms with Gasteiger partial charge < -0.3 is 24.8 Å². The lowest BCUT2D eigenvalue weighted by Gasteiger charge is -2.26. The van der Waals surface area contributed by atoms with Crippen LogP contribution in [0.1, 0.15) is 31.8 Å². The number of hydrogen-bond donors (Lipinski definition) is 2. The summed E-state index contributed by atoms with van der Waals surface area (Å²) in [5.41, 5.74) is 2.60. The van der Waals surface area contributed by atoms with Crippen molar-refractivity contribution in [1.29, 1.82) is 0 Å². The number of nitrogens with zero attached hydrogens (tertiary/aromatic N) is 1. The van der Waals surface area contributed by atoms with Crippen molar-refractivity contribution in [3.8, 4) is 11.5 Å². The van der Waals surface area contributed by atoms with Crippen molar-refractivity contribution >= 4 is 27.5 Å². The number of morpholine rings is 1. The molecule has 1 aliphatic rings. The number of hydrogen-bond acceptors (Lipinski definition) is 7. The third-order valence-corrected chi connectivity index (χ3v) is 8.35. The van der Waals surface area contributed by atoms with Crippen LogP contribution in [0, 0.1) is 0 Å². The van der Waals surface area contributed by atoms with Gasteiger partial charge in [0.2, 0.25) is 10.0 Å². The van der Waals surface area contributed by atoms with E-state index in [1.54, 1.807) is 62.8 Å². The number of anilines is 1. The summed E-state index contributed by atoms with van der Waals surface area (Å²) in [4.78, 5) is 25.9. The molecule has 1 saturated heterocycles. The Kier molecular flexibility index (Phi) is 9.75. The maximum atomic E-state index is 12.9. The summed E-state index contributed by atoms with van der Waals surface area (Å²) >= 11 is 0. The van der Waals surface area contributed by atoms with Crippen molar-refractivity contribution in [3.63, 3.8) is 0 Å². The number of carbonyl (C=O) groups is 2. The molecule has 0 bridgehead atoms. The average molecular weight is 568 g/mol. The normalized spacial score (nSPS) is 13.8. The molecule has 0 radical (unpaired) electrons. The maximum Gasteiger partial charge on any atom is 0.255 e. The first-order chi connectivity index (χ1) is 19.3. The average Bonchev–Trinajstić information content (AvgIpc) is 2.98. The zero-order chi connectivity index (χ0) is 28.5. The lowest BCUT2D eigenvalue weighted by Crippen LogP contribution is -2.41. The second-order valence-electron chi connectivity index (χ2n) is 9.16. The fraction of sp³-hybridized carbons (Fsp3) is 0.310. The number of rotatable bonds is 11. The van der Waals surface area contributed by atoms with E-state index in [9.17, 15) is 18.0 Å². The van der Waals surface area contributed by atoms with Gasteiger partial charge in [0.1, 0.15) is 0 Å². The molecule has 1 aliphatic heterocycles. The van der Waals surface area contributed by atoms with Gasteiger partial charge in [-0.1, -0.05) is 30.3 Å². The maximum absolute atomic E-state index is 12.9. The molecule has 4 rings (SSSR count). The van der Waals surface area contributed by atoms with Gasteiger partial charge in [-0.15, -0.1) is 0 Å². The van der Waals surface area contributed by atoms with E-state index >= 15 is 0 Å². The zero-order valence-electron chi connectivity index (χ0n) is 22.5. The molecule has 0 atom stereocenters. The molecule has 0 saturated carbocycles. The first kappa shape index (κ1) is 29.1. The van der Waals surface area contributed by atoms with E-state index in [1.165, 1.54) is 4.31 Å². The van der Waals surface area contributed by atoms with Crippen LogP contribution in [0.2, 0.25) is 0 Å². The molecule has 2 N–H and O–H groups in total. The molecule has 212 valence electrons. The fourth-order valence-corrected chi connectivity index (χ4v) is 5.82. The van der Waals surface area contributed by atoms with Gasteiger partial charge in [-0.3, -0.25) is 9.59 Å². The quantitative estimate of drug-likeness (QED) is 0.365. The number of sulfonamides is 1. The van der Waals surface area contributed by atoms with Gasteiger partial charge in [0.15, 0.2) is 11.5 Å². The Bertz CT molecular complexity index is 1440. The van der Waals surface area contributed by atoms with Gasteiger partial charge >= 0.3 is 0 Å². The minimum absolute atomic E-state index is 0.152. The Labute approximate surface area is 234 Å². The Hall–Kier alpha value is -3.93. The number of ether oxygens (including phenoxy) is 3. The molecule has 0 aliphatic carbocycles. The first-order valence-corrected chi connectivity index (χ1v) is 14.5. The van der Waals surface area contributed by atoms with Crippen LogP contribution in [-0.2, 0) is 26.9 Å². The SMILES string of the molecule is COc1ccc(CCNC(=O)c2ccccc2NC(=O)c2ccc(CS(=O)(=O)N3CCOCC3)cc2)cc1OC. The number of para-hydroxylation sites is 1. The Morgan fingerprint density at radius 3 is 2.25 bits per heavy atom. The Morgan fingerprint density at radius 1 is 0.875 bits per heavy atom. The molecule has 0 aromatic heterocycles. The molecule has 1 fully saturated rings. The van der Waals surface area contributed by atoms with Crippen LogP contribution >= 0.6 is 0 Å². The molecule has 10 nitrogen and oxygen atoms in total. The van der Waals surface area contributed by atoms with E-state index in [0.29, 0.717) is 73.1 Å². The van der Waals surface area contributed by atoms with E-state index in [0.717, 1.165) is 5.56 Å². The van der Waals surface area contributed by atoms with Crippen molar-refractivity contribution in [2.75, 3.05) is 52.4 Å². The van der Waals surface area contributed by atoms with E-state index in [-0.39, 0.29) is 11.7 Å². The molecular formula is C29H33N3O7S. The highest BCUT2D eigenvalue weighted by Gasteiger charge is 2.24. The summed E-state index contributed by atoms with van der Waals surface area (Å²) in [6.45, 7) is 1.83. The topological polar surface area (TPSA) is 123 Å². The second-order valence-corrected chi connectivity index (χ2v) is 11.1. The minimum atomic E-state index is -3.47. The van der Waals surface area contributed by atoms with Gasteiger partial charge in [-0.2, -0.15) is 4.31 Å². The molecule has 3 aromatic carbocycles. The molecule has 1 heterocycles. The van der Waals surface area contributed by atoms with E-state index in [1.807, 2.05) is 18.2 Å². The molecular weight excluding hydrogens is 534 g/mol. The molecule has 2 amide bonds. The fourth-order valence-electron chi connectivity index (χ4n) is 4.32. The Balaban J connectivity index is 1.35. The summed E-state index contributed by atoms with van der Waals surface area (Å²) < 4.78 is 42.6. The monoisotopic (exact) mass is 567 g/mol. The molecule has 0 unspecified atom stereocenters. The smallest absolute Gasteiger partial charge is 0.255 e. The van der Waals surface area contributed by atoms with Crippen LogP contribution in [0.25, 0.3) is 0 Å². The third-order valence-electron chi connectivity index (χ3n) is 6.50. The van der Waals surface area contributed by atoms with Crippen LogP contribution in [-0.4, -0.2) is 71.6 Å². The predicted octanol–water partition coefficient (Wildman–Crippen LogP) is 3.09. The second kappa shape index (κ2) is 13.4. The van der Waals surface area contributed by atoms with Crippen LogP contribution in [0.15, 0.2) is 66.7 Å². The van der Waals surface area contributed by atoms with Crippen molar-refractivity contribution in [1.82, 2.24) is 9.62 Å². The lowest BCUT2D eigenvalue weighted by atomic mass is 10.1. The third kappa shape index (κ3) is 7.38. The zero-order valence-corrected chi connectivity index (χ0v) is 23.3. The predicted molar refractivity (Wildman–Crippen MR) is 151 cm³/mol. The largest absolute Gasteiger partial charge is 0.493 e. The standard InChI is InChI=1S/C29H33N3O7S/c1-37-26-12-9-21(19-27(26)38-2)13-14-30-29(34)24-5-3-4-6-25(24)31-28(33)23-10-7-22(8-11-23)20-40(35,36)32-15-17-39-18-16-32/h3-12,19H,13-18,20H2,1-2H3,(H,30,34)(H,31,33). The van der Waals surface area contributed by atoms with E-state index in [2.05, 4.69) is 10.6 Å². The molecule has 11 heteroatoms. The first-order valence-electron chi connectivity index (χ1n) is 12.8. The van der Waals surface area contributed by atoms with Crippen molar-refractivity contribution in [3.05, 3.63) is 89.0 Å². The Morgan fingerprint density at radius 2 is 1.55 bits per heavy atom. The number of amides is 2. The summed E-state index contributed by atoms with van der Waals surface area (Å²) in [6, 6.07) is 18.7. The summed E-state index contributed by atoms with van der Waals surface area (Å²) in [5.74, 6) is 0.369. The van der Waals surface area contributed by atoms with Crippen molar-refractivity contribution in [2.45, 2.75) is 12.2 Å². The minimum Gasteiger partial charge on any atom is -0.493 e. The van der Waals surface area contributed by atoms with Crippen LogP contribution in [0.4, 0.5) is 5.69 Å². The number of benzene rings is 3. The van der Waals surface area contributed by atoms with Gasteiger partial charge in [0.05, 0.1) is 44.4 Å². The van der Waals surface area contributed by atoms with Gasteiger partial charge in [0, 0.05) is 25.2 Å². The van der Waals surface area contributed by atoms with Crippen LogP contribution in [0.3, 0.4) is 0 Å². The number of nitrogens with one attached hydrogen (secondary N) is 2. The number of carbonyl (C=O) groups excluding carboxylic acids is 2. The molecule has 40 heavy (non-hydrogen) atoms. The highest BCUT2D eigenvalue weighted by Crippen LogP contribution is 2.27. The van der Waals surface area contributed by atoms with Gasteiger partial charge in [-0.25, -0.2) is 8.42 Å². The highest BCUT2D eigenvalue weighted by atomic mass is 32.2. The van der Waals surface area contributed by atoms with Crippen LogP contribution < -0.4 is 20.1 Å². The van der Waals surface area contributed by atoms with E-state index in [4.69, 9.17) is 14.2 Å². The van der Waals surface area contributed by atoms with Crippen molar-refractivity contribution in [2.24, 2.45) is 0 Å². The molecule has 0 spiro atoms. The number of methoxy groups -OCH3 is 2. The lowest BCUT2D eigenvalue weighted by molar-refractivity contribution is 0.0729. The summed E-state index contributed by atoms with van der Waals surface area (Å²) in [5, 5.41) is 5.68. The summed E-state index contributed by atoms with van der Waals surface area (Å²) in [7, 11) is -0.327. The summed E-state index contributed by atoms with van der Waals surface area (Å²) in [6.07, 6.45) is 0.578.